The number of nitrogens with zero attached hydrogens (tertiary/aromatic N) is 4. The van der Waals surface area contributed by atoms with Gasteiger partial charge in [-0.25, -0.2) is 23.8 Å². The summed E-state index contributed by atoms with van der Waals surface area (Å²) in [7, 11) is 0. The molecule has 0 radical (unpaired) electrons. The topological polar surface area (TPSA) is 102 Å². The van der Waals surface area contributed by atoms with Crippen molar-refractivity contribution in [2.24, 2.45) is 5.10 Å². The van der Waals surface area contributed by atoms with Crippen LogP contribution < -0.4 is 5.43 Å². The molecule has 0 saturated carbocycles. The Bertz CT molecular complexity index is 788. The molecule has 0 saturated heterocycles. The van der Waals surface area contributed by atoms with Gasteiger partial charge in [-0.1, -0.05) is 0 Å². The van der Waals surface area contributed by atoms with E-state index in [1.54, 1.807) is 0 Å². The monoisotopic (exact) mass is 323 g/mol. The largest absolute Gasteiger partial charge is 0.358 e. The van der Waals surface area contributed by atoms with Crippen molar-refractivity contribution in [3.8, 4) is 0 Å². The number of carbonyl (C=O) groups is 1. The highest BCUT2D eigenvalue weighted by atomic mass is 19.1. The number of hydrazone groups is 1. The van der Waals surface area contributed by atoms with Gasteiger partial charge in [-0.3, -0.25) is 4.79 Å². The highest BCUT2D eigenvalue weighted by Gasteiger charge is 2.19. The van der Waals surface area contributed by atoms with Crippen molar-refractivity contribution in [2.45, 2.75) is 13.5 Å². The standard InChI is InChI=1S/C13H11F2N5O3/c1-8-16-6-13(20(22)23)19(8)7-12(21)18-17-5-9-2-3-10(14)4-11(9)15/h2-6H,7H2,1H3,(H,18,21)/b17-5+. The van der Waals surface area contributed by atoms with Gasteiger partial charge in [0.25, 0.3) is 5.91 Å². The third-order valence-electron chi connectivity index (χ3n) is 2.88. The van der Waals surface area contributed by atoms with E-state index < -0.39 is 22.5 Å². The highest BCUT2D eigenvalue weighted by molar-refractivity contribution is 5.82. The first-order valence-electron chi connectivity index (χ1n) is 6.32. The molecule has 0 aliphatic rings. The van der Waals surface area contributed by atoms with Crippen molar-refractivity contribution in [1.29, 1.82) is 0 Å². The molecule has 1 heterocycles. The van der Waals surface area contributed by atoms with E-state index in [1.165, 1.54) is 6.92 Å². The molecule has 1 N–H and O–H groups in total. The number of hydrogen-bond donors (Lipinski definition) is 1. The van der Waals surface area contributed by atoms with Crippen LogP contribution in [0.15, 0.2) is 29.5 Å². The molecular formula is C13H11F2N5O3. The predicted molar refractivity (Wildman–Crippen MR) is 75.7 cm³/mol. The van der Waals surface area contributed by atoms with Crippen LogP contribution in [0.3, 0.4) is 0 Å². The third kappa shape index (κ3) is 3.93. The van der Waals surface area contributed by atoms with Crippen LogP contribution in [0.5, 0.6) is 0 Å². The number of carbonyl (C=O) groups excluding carboxylic acids is 1. The SMILES string of the molecule is Cc1ncc([N+](=O)[O-])n1CC(=O)N/N=C/c1ccc(F)cc1F. The zero-order chi connectivity index (χ0) is 17.0. The number of aryl methyl sites for hydroxylation is 1. The zero-order valence-corrected chi connectivity index (χ0v) is 11.9. The van der Waals surface area contributed by atoms with Crippen molar-refractivity contribution >= 4 is 17.9 Å². The van der Waals surface area contributed by atoms with Crippen LogP contribution in [0.1, 0.15) is 11.4 Å². The van der Waals surface area contributed by atoms with Gasteiger partial charge in [0.15, 0.2) is 12.4 Å². The maximum Gasteiger partial charge on any atom is 0.343 e. The van der Waals surface area contributed by atoms with Crippen LogP contribution in [-0.2, 0) is 11.3 Å². The van der Waals surface area contributed by atoms with Crippen LogP contribution in [-0.4, -0.2) is 26.6 Å². The summed E-state index contributed by atoms with van der Waals surface area (Å²) in [6.07, 6.45) is 2.04. The smallest absolute Gasteiger partial charge is 0.343 e. The van der Waals surface area contributed by atoms with Gasteiger partial charge < -0.3 is 10.1 Å². The maximum atomic E-state index is 13.3. The van der Waals surface area contributed by atoms with Gasteiger partial charge in [-0.2, -0.15) is 5.10 Å². The summed E-state index contributed by atoms with van der Waals surface area (Å²) in [6.45, 7) is 1.14. The number of rotatable bonds is 5. The Morgan fingerprint density at radius 1 is 1.52 bits per heavy atom. The molecule has 8 nitrogen and oxygen atoms in total. The molecule has 2 aromatic rings. The fourth-order valence-electron chi connectivity index (χ4n) is 1.76. The van der Waals surface area contributed by atoms with Crippen LogP contribution in [0.25, 0.3) is 0 Å². The fourth-order valence-corrected chi connectivity index (χ4v) is 1.76. The molecule has 0 unspecified atom stereocenters. The quantitative estimate of drug-likeness (QED) is 0.512. The summed E-state index contributed by atoms with van der Waals surface area (Å²) in [5.41, 5.74) is 2.09. The molecule has 0 fully saturated rings. The van der Waals surface area contributed by atoms with E-state index in [4.69, 9.17) is 0 Å². The van der Waals surface area contributed by atoms with Crippen molar-refractivity contribution in [3.05, 3.63) is 57.5 Å². The Balaban J connectivity index is 2.02. The fraction of sp³-hybridized carbons (Fsp3) is 0.154. The first kappa shape index (κ1) is 16.2. The van der Waals surface area contributed by atoms with Crippen molar-refractivity contribution in [1.82, 2.24) is 15.0 Å². The Morgan fingerprint density at radius 2 is 2.26 bits per heavy atom. The van der Waals surface area contributed by atoms with Crippen LogP contribution in [0.2, 0.25) is 0 Å². The number of aromatic nitrogens is 2. The van der Waals surface area contributed by atoms with Crippen LogP contribution >= 0.6 is 0 Å². The molecule has 0 aliphatic carbocycles. The number of hydrogen-bond acceptors (Lipinski definition) is 5. The zero-order valence-electron chi connectivity index (χ0n) is 11.9. The second-order valence-electron chi connectivity index (χ2n) is 4.47. The van der Waals surface area contributed by atoms with Gasteiger partial charge in [-0.05, 0) is 17.1 Å². The van der Waals surface area contributed by atoms with E-state index in [0.717, 1.165) is 29.1 Å². The third-order valence-corrected chi connectivity index (χ3v) is 2.88. The Morgan fingerprint density at radius 3 is 2.91 bits per heavy atom. The minimum atomic E-state index is -0.830. The molecule has 1 aromatic carbocycles. The minimum Gasteiger partial charge on any atom is -0.358 e. The Kier molecular flexibility index (Phi) is 4.74. The molecule has 1 amide bonds. The molecule has 1 aromatic heterocycles. The number of nitro groups is 1. The van der Waals surface area contributed by atoms with Gasteiger partial charge in [0.2, 0.25) is 0 Å². The number of amides is 1. The molecule has 23 heavy (non-hydrogen) atoms. The average molecular weight is 323 g/mol. The van der Waals surface area contributed by atoms with Crippen molar-refractivity contribution in [3.63, 3.8) is 0 Å². The van der Waals surface area contributed by atoms with E-state index in [2.05, 4.69) is 15.5 Å². The normalized spacial score (nSPS) is 10.9. The molecule has 0 atom stereocenters. The van der Waals surface area contributed by atoms with Crippen LogP contribution in [0, 0.1) is 28.7 Å². The average Bonchev–Trinajstić information content (AvgIpc) is 2.83. The number of nitrogens with one attached hydrogen (secondary N) is 1. The van der Waals surface area contributed by atoms with E-state index in [-0.39, 0.29) is 17.9 Å². The van der Waals surface area contributed by atoms with E-state index in [1.807, 2.05) is 0 Å². The highest BCUT2D eigenvalue weighted by Crippen LogP contribution is 2.13. The Labute approximate surface area is 128 Å². The second-order valence-corrected chi connectivity index (χ2v) is 4.47. The lowest BCUT2D eigenvalue weighted by Crippen LogP contribution is -2.24. The summed E-state index contributed by atoms with van der Waals surface area (Å²) in [6, 6.07) is 2.89. The first-order valence-corrected chi connectivity index (χ1v) is 6.32. The van der Waals surface area contributed by atoms with Gasteiger partial charge in [0.05, 0.1) is 6.21 Å². The van der Waals surface area contributed by atoms with Gasteiger partial charge in [0, 0.05) is 18.6 Å². The molecule has 120 valence electrons. The van der Waals surface area contributed by atoms with Gasteiger partial charge >= 0.3 is 5.82 Å². The van der Waals surface area contributed by atoms with Gasteiger partial charge in [0.1, 0.15) is 17.8 Å². The van der Waals surface area contributed by atoms with Gasteiger partial charge in [-0.15, -0.1) is 0 Å². The molecule has 0 spiro atoms. The van der Waals surface area contributed by atoms with E-state index in [0.29, 0.717) is 11.9 Å². The molecule has 0 bridgehead atoms. The molecule has 0 aliphatic heterocycles. The Hall–Kier alpha value is -3.17. The lowest BCUT2D eigenvalue weighted by molar-refractivity contribution is -0.392. The summed E-state index contributed by atoms with van der Waals surface area (Å²) < 4.78 is 27.2. The van der Waals surface area contributed by atoms with E-state index >= 15 is 0 Å². The molecule has 2 rings (SSSR count). The summed E-state index contributed by atoms with van der Waals surface area (Å²) in [5, 5.41) is 14.3. The van der Waals surface area contributed by atoms with Crippen LogP contribution in [0.4, 0.5) is 14.6 Å². The minimum absolute atomic E-state index is 0.0171. The lowest BCUT2D eigenvalue weighted by Gasteiger charge is -2.02. The van der Waals surface area contributed by atoms with Crippen molar-refractivity contribution in [2.75, 3.05) is 0 Å². The number of imidazole rings is 1. The first-order chi connectivity index (χ1) is 10.9. The second kappa shape index (κ2) is 6.73. The summed E-state index contributed by atoms with van der Waals surface area (Å²) in [5.74, 6) is -2.25. The van der Waals surface area contributed by atoms with Crippen molar-refractivity contribution < 1.29 is 18.5 Å². The predicted octanol–water partition coefficient (Wildman–Crippen LogP) is 1.53. The molecule has 10 heteroatoms. The number of halogens is 2. The summed E-state index contributed by atoms with van der Waals surface area (Å²) in [4.78, 5) is 25.6. The summed E-state index contributed by atoms with van der Waals surface area (Å²) >= 11 is 0. The number of benzene rings is 1. The molecular weight excluding hydrogens is 312 g/mol. The van der Waals surface area contributed by atoms with E-state index in [9.17, 15) is 23.7 Å². The lowest BCUT2D eigenvalue weighted by atomic mass is 10.2. The maximum absolute atomic E-state index is 13.3.